The van der Waals surface area contributed by atoms with E-state index in [4.69, 9.17) is 0 Å². The second kappa shape index (κ2) is 3.42. The molecular formula is C11H20. The highest BCUT2D eigenvalue weighted by Gasteiger charge is 2.23. The van der Waals surface area contributed by atoms with Crippen LogP contribution in [0.3, 0.4) is 0 Å². The molecule has 0 unspecified atom stereocenters. The Morgan fingerprint density at radius 1 is 1.36 bits per heavy atom. The van der Waals surface area contributed by atoms with Crippen LogP contribution in [0.5, 0.6) is 0 Å². The Balaban J connectivity index is 2.51. The first-order chi connectivity index (χ1) is 5.11. The van der Waals surface area contributed by atoms with Gasteiger partial charge in [0.1, 0.15) is 0 Å². The quantitative estimate of drug-likeness (QED) is 0.503. The van der Waals surface area contributed by atoms with E-state index in [-0.39, 0.29) is 0 Å². The molecule has 1 saturated carbocycles. The van der Waals surface area contributed by atoms with Crippen LogP contribution in [0.1, 0.15) is 40.0 Å². The van der Waals surface area contributed by atoms with Crippen molar-refractivity contribution < 1.29 is 0 Å². The van der Waals surface area contributed by atoms with Crippen LogP contribution in [0.2, 0.25) is 0 Å². The summed E-state index contributed by atoms with van der Waals surface area (Å²) in [6.45, 7) is 11.1. The summed E-state index contributed by atoms with van der Waals surface area (Å²) in [6, 6.07) is 0. The van der Waals surface area contributed by atoms with Crippen molar-refractivity contribution >= 4 is 0 Å². The maximum Gasteiger partial charge on any atom is -0.0183 e. The maximum absolute atomic E-state index is 4.17. The molecule has 0 nitrogen and oxygen atoms in total. The summed E-state index contributed by atoms with van der Waals surface area (Å²) in [4.78, 5) is 0. The third kappa shape index (κ3) is 2.08. The van der Waals surface area contributed by atoms with Crippen molar-refractivity contribution in [1.29, 1.82) is 0 Å². The zero-order valence-corrected chi connectivity index (χ0v) is 8.06. The molecule has 2 atom stereocenters. The zero-order valence-electron chi connectivity index (χ0n) is 8.06. The number of hydrogen-bond donors (Lipinski definition) is 0. The second-order valence-corrected chi connectivity index (χ2v) is 4.40. The highest BCUT2D eigenvalue weighted by Crippen LogP contribution is 2.36. The van der Waals surface area contributed by atoms with Crippen molar-refractivity contribution in [1.82, 2.24) is 0 Å². The van der Waals surface area contributed by atoms with Crippen LogP contribution in [0.25, 0.3) is 0 Å². The minimum atomic E-state index is 0.801. The van der Waals surface area contributed by atoms with Gasteiger partial charge in [-0.15, -0.1) is 0 Å². The molecule has 0 radical (unpaired) electrons. The summed E-state index contributed by atoms with van der Waals surface area (Å²) in [7, 11) is 0. The first-order valence-corrected chi connectivity index (χ1v) is 4.79. The van der Waals surface area contributed by atoms with Gasteiger partial charge in [-0.05, 0) is 37.0 Å². The Morgan fingerprint density at radius 2 is 2.00 bits per heavy atom. The van der Waals surface area contributed by atoms with Crippen LogP contribution in [0.4, 0.5) is 0 Å². The molecule has 0 aromatic rings. The van der Waals surface area contributed by atoms with Gasteiger partial charge >= 0.3 is 0 Å². The standard InChI is InChI=1S/C11H20/c1-8(2)11-6-5-9(3)7-10(11)4/h8-9,11H,4-7H2,1-3H3/t9-,11+/m0/s1. The van der Waals surface area contributed by atoms with E-state index in [1.807, 2.05) is 0 Å². The third-order valence-corrected chi connectivity index (χ3v) is 2.91. The third-order valence-electron chi connectivity index (χ3n) is 2.91. The van der Waals surface area contributed by atoms with Gasteiger partial charge in [-0.25, -0.2) is 0 Å². The fourth-order valence-electron chi connectivity index (χ4n) is 2.17. The van der Waals surface area contributed by atoms with Gasteiger partial charge in [-0.3, -0.25) is 0 Å². The van der Waals surface area contributed by atoms with Crippen molar-refractivity contribution in [2.24, 2.45) is 17.8 Å². The van der Waals surface area contributed by atoms with Gasteiger partial charge < -0.3 is 0 Å². The van der Waals surface area contributed by atoms with E-state index in [1.165, 1.54) is 24.8 Å². The molecule has 0 spiro atoms. The number of hydrogen-bond acceptors (Lipinski definition) is 0. The summed E-state index contributed by atoms with van der Waals surface area (Å²) in [5.74, 6) is 2.50. The molecule has 0 aliphatic heterocycles. The SMILES string of the molecule is C=C1C[C@@H](C)CC[C@@H]1C(C)C. The monoisotopic (exact) mass is 152 g/mol. The van der Waals surface area contributed by atoms with Gasteiger partial charge in [0, 0.05) is 0 Å². The molecule has 1 aliphatic carbocycles. The summed E-state index contributed by atoms with van der Waals surface area (Å²) in [5.41, 5.74) is 1.50. The summed E-state index contributed by atoms with van der Waals surface area (Å²) >= 11 is 0. The van der Waals surface area contributed by atoms with Gasteiger partial charge in [-0.2, -0.15) is 0 Å². The molecule has 0 saturated heterocycles. The van der Waals surface area contributed by atoms with Crippen LogP contribution in [-0.4, -0.2) is 0 Å². The average molecular weight is 152 g/mol. The van der Waals surface area contributed by atoms with Crippen LogP contribution in [0.15, 0.2) is 12.2 Å². The lowest BCUT2D eigenvalue weighted by atomic mass is 9.75. The molecule has 64 valence electrons. The first kappa shape index (κ1) is 8.83. The van der Waals surface area contributed by atoms with E-state index in [2.05, 4.69) is 27.4 Å². The average Bonchev–Trinajstić information content (AvgIpc) is 1.85. The topological polar surface area (TPSA) is 0 Å². The summed E-state index contributed by atoms with van der Waals surface area (Å²) in [5, 5.41) is 0. The van der Waals surface area contributed by atoms with Crippen LogP contribution < -0.4 is 0 Å². The lowest BCUT2D eigenvalue weighted by Gasteiger charge is -2.31. The minimum absolute atomic E-state index is 0.801. The molecule has 0 amide bonds. The van der Waals surface area contributed by atoms with Gasteiger partial charge in [-0.1, -0.05) is 32.9 Å². The van der Waals surface area contributed by atoms with Crippen LogP contribution >= 0.6 is 0 Å². The summed E-state index contributed by atoms with van der Waals surface area (Å²) in [6.07, 6.45) is 4.04. The van der Waals surface area contributed by atoms with Crippen LogP contribution in [-0.2, 0) is 0 Å². The Hall–Kier alpha value is -0.260. The summed E-state index contributed by atoms with van der Waals surface area (Å²) < 4.78 is 0. The Morgan fingerprint density at radius 3 is 2.45 bits per heavy atom. The molecule has 0 aromatic carbocycles. The molecule has 1 aliphatic rings. The van der Waals surface area contributed by atoms with E-state index >= 15 is 0 Å². The van der Waals surface area contributed by atoms with Gasteiger partial charge in [0.15, 0.2) is 0 Å². The van der Waals surface area contributed by atoms with Crippen molar-refractivity contribution in [3.05, 3.63) is 12.2 Å². The first-order valence-electron chi connectivity index (χ1n) is 4.79. The lowest BCUT2D eigenvalue weighted by Crippen LogP contribution is -2.19. The van der Waals surface area contributed by atoms with E-state index < -0.39 is 0 Å². The fraction of sp³-hybridized carbons (Fsp3) is 0.818. The molecule has 0 heterocycles. The van der Waals surface area contributed by atoms with E-state index in [1.54, 1.807) is 0 Å². The molecule has 11 heavy (non-hydrogen) atoms. The minimum Gasteiger partial charge on any atom is -0.0996 e. The highest BCUT2D eigenvalue weighted by molar-refractivity contribution is 5.05. The molecule has 1 fully saturated rings. The van der Waals surface area contributed by atoms with Gasteiger partial charge in [0.2, 0.25) is 0 Å². The predicted molar refractivity (Wildman–Crippen MR) is 50.5 cm³/mol. The highest BCUT2D eigenvalue weighted by atomic mass is 14.3. The largest absolute Gasteiger partial charge is 0.0996 e. The smallest absolute Gasteiger partial charge is 0.0183 e. The lowest BCUT2D eigenvalue weighted by molar-refractivity contribution is 0.309. The van der Waals surface area contributed by atoms with Crippen molar-refractivity contribution in [2.75, 3.05) is 0 Å². The Labute approximate surface area is 70.7 Å². The fourth-order valence-corrected chi connectivity index (χ4v) is 2.17. The number of allylic oxidation sites excluding steroid dienone is 1. The maximum atomic E-state index is 4.17. The predicted octanol–water partition coefficient (Wildman–Crippen LogP) is 3.63. The van der Waals surface area contributed by atoms with Crippen molar-refractivity contribution in [3.8, 4) is 0 Å². The van der Waals surface area contributed by atoms with Crippen LogP contribution in [0, 0.1) is 17.8 Å². The Kier molecular flexibility index (Phi) is 2.75. The molecule has 0 bridgehead atoms. The van der Waals surface area contributed by atoms with Crippen molar-refractivity contribution in [2.45, 2.75) is 40.0 Å². The molecule has 0 heteroatoms. The van der Waals surface area contributed by atoms with Crippen molar-refractivity contribution in [3.63, 3.8) is 0 Å². The molecular weight excluding hydrogens is 132 g/mol. The normalized spacial score (nSPS) is 32.9. The molecule has 1 rings (SSSR count). The van der Waals surface area contributed by atoms with Gasteiger partial charge in [0.25, 0.3) is 0 Å². The molecule has 0 aromatic heterocycles. The second-order valence-electron chi connectivity index (χ2n) is 4.40. The zero-order chi connectivity index (χ0) is 8.43. The Bertz CT molecular complexity index is 144. The van der Waals surface area contributed by atoms with Gasteiger partial charge in [0.05, 0.1) is 0 Å². The number of rotatable bonds is 1. The molecule has 0 N–H and O–H groups in total. The van der Waals surface area contributed by atoms with E-state index in [0.29, 0.717) is 0 Å². The van der Waals surface area contributed by atoms with E-state index in [9.17, 15) is 0 Å². The van der Waals surface area contributed by atoms with E-state index in [0.717, 1.165) is 17.8 Å².